The largest absolute Gasteiger partial charge is 0.497 e. The number of ether oxygens (including phenoxy) is 1. The number of hydrogen-bond acceptors (Lipinski definition) is 5. The van der Waals surface area contributed by atoms with E-state index in [1.54, 1.807) is 13.2 Å². The van der Waals surface area contributed by atoms with E-state index in [4.69, 9.17) is 4.74 Å². The number of nitrogens with zero attached hydrogens (tertiary/aromatic N) is 2. The topological polar surface area (TPSA) is 76.1 Å². The molecule has 0 atom stereocenters. The van der Waals surface area contributed by atoms with E-state index in [-0.39, 0.29) is 5.91 Å². The molecule has 0 saturated carbocycles. The first-order valence-corrected chi connectivity index (χ1v) is 8.48. The van der Waals surface area contributed by atoms with E-state index >= 15 is 0 Å². The number of hydrogen-bond donors (Lipinski definition) is 2. The van der Waals surface area contributed by atoms with Gasteiger partial charge in [-0.25, -0.2) is 9.97 Å². The molecule has 1 aromatic heterocycles. The van der Waals surface area contributed by atoms with Gasteiger partial charge in [0.05, 0.1) is 7.11 Å². The summed E-state index contributed by atoms with van der Waals surface area (Å²) in [5.41, 5.74) is 2.31. The van der Waals surface area contributed by atoms with Crippen molar-refractivity contribution in [2.75, 3.05) is 25.5 Å². The molecule has 0 bridgehead atoms. The average molecular weight is 342 g/mol. The number of methoxy groups -OCH3 is 1. The second-order valence-corrected chi connectivity index (χ2v) is 6.35. The van der Waals surface area contributed by atoms with Gasteiger partial charge in [-0.05, 0) is 43.0 Å². The van der Waals surface area contributed by atoms with Crippen LogP contribution in [0.25, 0.3) is 0 Å². The van der Waals surface area contributed by atoms with E-state index in [9.17, 15) is 4.79 Å². The lowest BCUT2D eigenvalue weighted by Gasteiger charge is -2.10. The lowest BCUT2D eigenvalue weighted by Crippen LogP contribution is -2.28. The van der Waals surface area contributed by atoms with Gasteiger partial charge in [0.1, 0.15) is 11.4 Å². The maximum atomic E-state index is 12.2. The quantitative estimate of drug-likeness (QED) is 0.771. The molecule has 25 heavy (non-hydrogen) atoms. The van der Waals surface area contributed by atoms with Crippen molar-refractivity contribution < 1.29 is 9.53 Å². The maximum Gasteiger partial charge on any atom is 0.270 e. The molecule has 6 nitrogen and oxygen atoms in total. The van der Waals surface area contributed by atoms with Crippen LogP contribution in [0.2, 0.25) is 0 Å². The van der Waals surface area contributed by atoms with Crippen LogP contribution in [0.4, 0.5) is 5.95 Å². The number of carbonyl (C=O) groups is 1. The molecule has 0 saturated heterocycles. The van der Waals surface area contributed by atoms with Crippen LogP contribution < -0.4 is 15.4 Å². The van der Waals surface area contributed by atoms with Crippen molar-refractivity contribution in [2.45, 2.75) is 27.2 Å². The first-order valence-electron chi connectivity index (χ1n) is 8.48. The molecular weight excluding hydrogens is 316 g/mol. The zero-order valence-corrected chi connectivity index (χ0v) is 15.3. The SMILES string of the molecule is COc1cccc(CCNc2nc(C)cc(C(=O)NCC(C)C)n2)c1. The molecule has 0 aliphatic heterocycles. The first-order chi connectivity index (χ1) is 12.0. The Morgan fingerprint density at radius 1 is 1.24 bits per heavy atom. The molecule has 1 amide bonds. The third kappa shape index (κ3) is 6.06. The highest BCUT2D eigenvalue weighted by Gasteiger charge is 2.10. The lowest BCUT2D eigenvalue weighted by molar-refractivity contribution is 0.0944. The fourth-order valence-electron chi connectivity index (χ4n) is 2.30. The number of carbonyl (C=O) groups excluding carboxylic acids is 1. The first kappa shape index (κ1) is 18.7. The molecule has 6 heteroatoms. The third-order valence-electron chi connectivity index (χ3n) is 3.59. The van der Waals surface area contributed by atoms with Gasteiger partial charge in [0.15, 0.2) is 0 Å². The lowest BCUT2D eigenvalue weighted by atomic mass is 10.1. The van der Waals surface area contributed by atoms with Crippen LogP contribution in [0.3, 0.4) is 0 Å². The molecule has 0 aliphatic rings. The minimum Gasteiger partial charge on any atom is -0.497 e. The zero-order chi connectivity index (χ0) is 18.2. The van der Waals surface area contributed by atoms with Gasteiger partial charge < -0.3 is 15.4 Å². The Labute approximate surface area is 149 Å². The summed E-state index contributed by atoms with van der Waals surface area (Å²) in [6, 6.07) is 9.63. The van der Waals surface area contributed by atoms with E-state index in [1.807, 2.05) is 31.2 Å². The smallest absolute Gasteiger partial charge is 0.270 e. The summed E-state index contributed by atoms with van der Waals surface area (Å²) in [4.78, 5) is 20.8. The number of rotatable bonds is 8. The van der Waals surface area contributed by atoms with E-state index in [2.05, 4.69) is 34.4 Å². The minimum atomic E-state index is -0.171. The van der Waals surface area contributed by atoms with Crippen LogP contribution >= 0.6 is 0 Å². The van der Waals surface area contributed by atoms with Crippen LogP contribution in [0.1, 0.15) is 35.6 Å². The molecule has 2 aromatic rings. The van der Waals surface area contributed by atoms with Gasteiger partial charge in [-0.1, -0.05) is 26.0 Å². The summed E-state index contributed by atoms with van der Waals surface area (Å²) in [5, 5.41) is 6.07. The Balaban J connectivity index is 1.96. The number of amides is 1. The van der Waals surface area contributed by atoms with Crippen LogP contribution in [0.15, 0.2) is 30.3 Å². The third-order valence-corrected chi connectivity index (χ3v) is 3.59. The van der Waals surface area contributed by atoms with Gasteiger partial charge in [0.25, 0.3) is 5.91 Å². The number of aryl methyl sites for hydroxylation is 1. The Kier molecular flexibility index (Phi) is 6.74. The zero-order valence-electron chi connectivity index (χ0n) is 15.3. The van der Waals surface area contributed by atoms with Crippen molar-refractivity contribution in [3.05, 3.63) is 47.3 Å². The molecule has 2 rings (SSSR count). The molecule has 0 spiro atoms. The van der Waals surface area contributed by atoms with Crippen LogP contribution in [-0.4, -0.2) is 36.1 Å². The van der Waals surface area contributed by atoms with Gasteiger partial charge in [0, 0.05) is 18.8 Å². The van der Waals surface area contributed by atoms with Gasteiger partial charge >= 0.3 is 0 Å². The number of benzene rings is 1. The van der Waals surface area contributed by atoms with Crippen molar-refractivity contribution in [3.8, 4) is 5.75 Å². The van der Waals surface area contributed by atoms with E-state index in [1.165, 1.54) is 0 Å². The number of nitrogens with one attached hydrogen (secondary N) is 2. The van der Waals surface area contributed by atoms with E-state index in [0.29, 0.717) is 30.6 Å². The molecule has 0 fully saturated rings. The summed E-state index contributed by atoms with van der Waals surface area (Å²) in [6.07, 6.45) is 0.809. The summed E-state index contributed by atoms with van der Waals surface area (Å²) < 4.78 is 5.23. The predicted molar refractivity (Wildman–Crippen MR) is 99.1 cm³/mol. The summed E-state index contributed by atoms with van der Waals surface area (Å²) in [5.74, 6) is 1.54. The number of aromatic nitrogens is 2. The Bertz CT molecular complexity index is 716. The van der Waals surface area contributed by atoms with E-state index < -0.39 is 0 Å². The Morgan fingerprint density at radius 3 is 2.76 bits per heavy atom. The monoisotopic (exact) mass is 342 g/mol. The molecular formula is C19H26N4O2. The highest BCUT2D eigenvalue weighted by molar-refractivity contribution is 5.92. The molecule has 0 aliphatic carbocycles. The molecule has 1 heterocycles. The predicted octanol–water partition coefficient (Wildman–Crippen LogP) is 2.83. The summed E-state index contributed by atoms with van der Waals surface area (Å²) in [7, 11) is 1.66. The van der Waals surface area contributed by atoms with Crippen molar-refractivity contribution in [3.63, 3.8) is 0 Å². The Hall–Kier alpha value is -2.63. The van der Waals surface area contributed by atoms with Crippen molar-refractivity contribution in [2.24, 2.45) is 5.92 Å². The fourth-order valence-corrected chi connectivity index (χ4v) is 2.30. The van der Waals surface area contributed by atoms with Crippen LogP contribution in [0, 0.1) is 12.8 Å². The van der Waals surface area contributed by atoms with Gasteiger partial charge in [-0.3, -0.25) is 4.79 Å². The van der Waals surface area contributed by atoms with Gasteiger partial charge in [0.2, 0.25) is 5.95 Å². The standard InChI is InChI=1S/C19H26N4O2/c1-13(2)12-21-18(24)17-10-14(3)22-19(23-17)20-9-8-15-6-5-7-16(11-15)25-4/h5-7,10-11,13H,8-9,12H2,1-4H3,(H,21,24)(H,20,22,23). The maximum absolute atomic E-state index is 12.2. The number of anilines is 1. The minimum absolute atomic E-state index is 0.171. The van der Waals surface area contributed by atoms with Crippen molar-refractivity contribution in [1.29, 1.82) is 0 Å². The summed E-state index contributed by atoms with van der Waals surface area (Å²) in [6.45, 7) is 7.26. The molecule has 0 radical (unpaired) electrons. The normalized spacial score (nSPS) is 10.6. The average Bonchev–Trinajstić information content (AvgIpc) is 2.59. The molecule has 0 unspecified atom stereocenters. The van der Waals surface area contributed by atoms with Gasteiger partial charge in [-0.15, -0.1) is 0 Å². The fraction of sp³-hybridized carbons (Fsp3) is 0.421. The summed E-state index contributed by atoms with van der Waals surface area (Å²) >= 11 is 0. The Morgan fingerprint density at radius 2 is 2.04 bits per heavy atom. The molecule has 1 aromatic carbocycles. The van der Waals surface area contributed by atoms with E-state index in [0.717, 1.165) is 23.4 Å². The van der Waals surface area contributed by atoms with Crippen LogP contribution in [0.5, 0.6) is 5.75 Å². The highest BCUT2D eigenvalue weighted by Crippen LogP contribution is 2.13. The molecule has 2 N–H and O–H groups in total. The van der Waals surface area contributed by atoms with Crippen molar-refractivity contribution >= 4 is 11.9 Å². The second kappa shape index (κ2) is 9.01. The molecule has 134 valence electrons. The van der Waals surface area contributed by atoms with Crippen molar-refractivity contribution in [1.82, 2.24) is 15.3 Å². The highest BCUT2D eigenvalue weighted by atomic mass is 16.5. The second-order valence-electron chi connectivity index (χ2n) is 6.35. The van der Waals surface area contributed by atoms with Gasteiger partial charge in [-0.2, -0.15) is 0 Å². The van der Waals surface area contributed by atoms with Crippen LogP contribution in [-0.2, 0) is 6.42 Å².